The number of aliphatic hydroxyl groups is 2. The Morgan fingerprint density at radius 1 is 0.636 bits per heavy atom. The van der Waals surface area contributed by atoms with E-state index in [1.54, 1.807) is 0 Å². The summed E-state index contributed by atoms with van der Waals surface area (Å²) >= 11 is 0. The Bertz CT molecular complexity index is 496. The SMILES string of the molecule is NC(Cc1ccccc1)C(O)C(O)C(N)Cc1ccccc1. The maximum absolute atomic E-state index is 10.2. The lowest BCUT2D eigenvalue weighted by atomic mass is 9.92. The van der Waals surface area contributed by atoms with Gasteiger partial charge in [-0.05, 0) is 24.0 Å². The molecule has 0 aliphatic heterocycles. The summed E-state index contributed by atoms with van der Waals surface area (Å²) in [5.74, 6) is 0. The average molecular weight is 300 g/mol. The molecule has 4 heteroatoms. The van der Waals surface area contributed by atoms with Crippen molar-refractivity contribution in [3.63, 3.8) is 0 Å². The summed E-state index contributed by atoms with van der Waals surface area (Å²) in [6, 6.07) is 18.2. The second-order valence-corrected chi connectivity index (χ2v) is 5.69. The number of aliphatic hydroxyl groups excluding tert-OH is 2. The predicted molar refractivity (Wildman–Crippen MR) is 88.3 cm³/mol. The van der Waals surface area contributed by atoms with E-state index < -0.39 is 24.3 Å². The number of hydrogen-bond acceptors (Lipinski definition) is 4. The molecular weight excluding hydrogens is 276 g/mol. The molecule has 0 amide bonds. The molecule has 6 N–H and O–H groups in total. The van der Waals surface area contributed by atoms with E-state index in [1.165, 1.54) is 0 Å². The second kappa shape index (κ2) is 8.06. The van der Waals surface area contributed by atoms with Crippen molar-refractivity contribution >= 4 is 0 Å². The van der Waals surface area contributed by atoms with E-state index in [1.807, 2.05) is 60.7 Å². The molecule has 0 aromatic heterocycles. The number of rotatable bonds is 7. The summed E-state index contributed by atoms with van der Waals surface area (Å²) < 4.78 is 0. The van der Waals surface area contributed by atoms with Crippen LogP contribution in [0.5, 0.6) is 0 Å². The van der Waals surface area contributed by atoms with Gasteiger partial charge in [0.05, 0.1) is 12.2 Å². The zero-order valence-corrected chi connectivity index (χ0v) is 12.5. The highest BCUT2D eigenvalue weighted by molar-refractivity contribution is 5.18. The molecule has 0 aliphatic rings. The number of nitrogens with two attached hydrogens (primary N) is 2. The molecule has 118 valence electrons. The molecule has 0 fully saturated rings. The maximum atomic E-state index is 10.2. The summed E-state index contributed by atoms with van der Waals surface area (Å²) in [5.41, 5.74) is 14.1. The summed E-state index contributed by atoms with van der Waals surface area (Å²) in [6.07, 6.45) is -1.12. The van der Waals surface area contributed by atoms with Crippen molar-refractivity contribution < 1.29 is 10.2 Å². The summed E-state index contributed by atoms with van der Waals surface area (Å²) in [4.78, 5) is 0. The fourth-order valence-corrected chi connectivity index (χ4v) is 2.52. The fraction of sp³-hybridized carbons (Fsp3) is 0.333. The minimum absolute atomic E-state index is 0.497. The van der Waals surface area contributed by atoms with Crippen molar-refractivity contribution in [1.82, 2.24) is 0 Å². The monoisotopic (exact) mass is 300 g/mol. The molecule has 0 heterocycles. The lowest BCUT2D eigenvalue weighted by Crippen LogP contribution is -2.52. The topological polar surface area (TPSA) is 92.5 Å². The van der Waals surface area contributed by atoms with Gasteiger partial charge in [0, 0.05) is 12.1 Å². The highest BCUT2D eigenvalue weighted by Crippen LogP contribution is 2.11. The Labute approximate surface area is 131 Å². The smallest absolute Gasteiger partial charge is 0.0968 e. The minimum atomic E-state index is -1.06. The first-order chi connectivity index (χ1) is 10.6. The predicted octanol–water partition coefficient (Wildman–Crippen LogP) is 0.848. The molecule has 2 aromatic carbocycles. The van der Waals surface area contributed by atoms with Crippen molar-refractivity contribution in [2.45, 2.75) is 37.1 Å². The van der Waals surface area contributed by atoms with Crippen molar-refractivity contribution in [1.29, 1.82) is 0 Å². The van der Waals surface area contributed by atoms with Gasteiger partial charge >= 0.3 is 0 Å². The Morgan fingerprint density at radius 3 is 1.27 bits per heavy atom. The Morgan fingerprint density at radius 2 is 0.955 bits per heavy atom. The van der Waals surface area contributed by atoms with Gasteiger partial charge in [0.15, 0.2) is 0 Å². The van der Waals surface area contributed by atoms with Gasteiger partial charge in [-0.25, -0.2) is 0 Å². The van der Waals surface area contributed by atoms with Crippen LogP contribution in [0.1, 0.15) is 11.1 Å². The van der Waals surface area contributed by atoms with E-state index in [9.17, 15) is 10.2 Å². The third kappa shape index (κ3) is 4.64. The van der Waals surface area contributed by atoms with Crippen LogP contribution >= 0.6 is 0 Å². The first-order valence-electron chi connectivity index (χ1n) is 7.53. The molecule has 2 rings (SSSR count). The molecule has 2 aromatic rings. The van der Waals surface area contributed by atoms with Crippen molar-refractivity contribution in [2.24, 2.45) is 11.5 Å². The van der Waals surface area contributed by atoms with Crippen molar-refractivity contribution in [3.8, 4) is 0 Å². The van der Waals surface area contributed by atoms with E-state index >= 15 is 0 Å². The van der Waals surface area contributed by atoms with Gasteiger partial charge in [0.1, 0.15) is 0 Å². The highest BCUT2D eigenvalue weighted by atomic mass is 16.3. The normalized spacial score (nSPS) is 16.7. The van der Waals surface area contributed by atoms with Gasteiger partial charge in [0.2, 0.25) is 0 Å². The Balaban J connectivity index is 1.91. The van der Waals surface area contributed by atoms with Crippen LogP contribution in [-0.2, 0) is 12.8 Å². The molecule has 0 saturated carbocycles. The third-order valence-corrected chi connectivity index (χ3v) is 3.86. The van der Waals surface area contributed by atoms with Gasteiger partial charge in [-0.2, -0.15) is 0 Å². The molecule has 0 saturated heterocycles. The van der Waals surface area contributed by atoms with Crippen LogP contribution in [0.2, 0.25) is 0 Å². The summed E-state index contributed by atoms with van der Waals surface area (Å²) in [6.45, 7) is 0. The lowest BCUT2D eigenvalue weighted by molar-refractivity contribution is -0.00975. The van der Waals surface area contributed by atoms with Crippen LogP contribution in [0, 0.1) is 0 Å². The zero-order valence-electron chi connectivity index (χ0n) is 12.5. The summed E-state index contributed by atoms with van der Waals surface area (Å²) in [7, 11) is 0. The number of hydrogen-bond donors (Lipinski definition) is 4. The van der Waals surface area contributed by atoms with Crippen LogP contribution in [0.25, 0.3) is 0 Å². The zero-order chi connectivity index (χ0) is 15.9. The van der Waals surface area contributed by atoms with Crippen molar-refractivity contribution in [3.05, 3.63) is 71.8 Å². The van der Waals surface area contributed by atoms with E-state index in [2.05, 4.69) is 0 Å². The molecule has 22 heavy (non-hydrogen) atoms. The largest absolute Gasteiger partial charge is 0.389 e. The van der Waals surface area contributed by atoms with Crippen LogP contribution in [0.3, 0.4) is 0 Å². The van der Waals surface area contributed by atoms with Crippen LogP contribution in [0.4, 0.5) is 0 Å². The summed E-state index contributed by atoms with van der Waals surface area (Å²) in [5, 5.41) is 20.5. The fourth-order valence-electron chi connectivity index (χ4n) is 2.52. The van der Waals surface area contributed by atoms with Gasteiger partial charge in [0.25, 0.3) is 0 Å². The van der Waals surface area contributed by atoms with Gasteiger partial charge in [-0.3, -0.25) is 0 Å². The first-order valence-corrected chi connectivity index (χ1v) is 7.53. The van der Waals surface area contributed by atoms with Gasteiger partial charge in [-0.15, -0.1) is 0 Å². The van der Waals surface area contributed by atoms with Crippen LogP contribution < -0.4 is 11.5 Å². The molecule has 0 aliphatic carbocycles. The Hall–Kier alpha value is -1.72. The van der Waals surface area contributed by atoms with Gasteiger partial charge in [-0.1, -0.05) is 60.7 Å². The highest BCUT2D eigenvalue weighted by Gasteiger charge is 2.28. The van der Waals surface area contributed by atoms with E-state index in [0.29, 0.717) is 12.8 Å². The lowest BCUT2D eigenvalue weighted by Gasteiger charge is -2.28. The Kier molecular flexibility index (Phi) is 6.10. The maximum Gasteiger partial charge on any atom is 0.0968 e. The van der Waals surface area contributed by atoms with E-state index in [-0.39, 0.29) is 0 Å². The van der Waals surface area contributed by atoms with E-state index in [0.717, 1.165) is 11.1 Å². The third-order valence-electron chi connectivity index (χ3n) is 3.86. The molecule has 4 unspecified atom stereocenters. The van der Waals surface area contributed by atoms with Crippen LogP contribution in [-0.4, -0.2) is 34.5 Å². The van der Waals surface area contributed by atoms with E-state index in [4.69, 9.17) is 11.5 Å². The first kappa shape index (κ1) is 16.6. The molecule has 4 nitrogen and oxygen atoms in total. The molecule has 0 bridgehead atoms. The minimum Gasteiger partial charge on any atom is -0.389 e. The van der Waals surface area contributed by atoms with Crippen LogP contribution in [0.15, 0.2) is 60.7 Å². The molecule has 4 atom stereocenters. The number of benzene rings is 2. The van der Waals surface area contributed by atoms with Crippen molar-refractivity contribution in [2.75, 3.05) is 0 Å². The molecule has 0 radical (unpaired) electrons. The quantitative estimate of drug-likeness (QED) is 0.610. The standard InChI is InChI=1S/C18H24N2O2/c19-15(11-13-7-3-1-4-8-13)17(21)18(22)16(20)12-14-9-5-2-6-10-14/h1-10,15-18,21-22H,11-12,19-20H2. The molecule has 0 spiro atoms. The van der Waals surface area contributed by atoms with Gasteiger partial charge < -0.3 is 21.7 Å². The average Bonchev–Trinajstić information content (AvgIpc) is 2.55. The molecular formula is C18H24N2O2. The second-order valence-electron chi connectivity index (χ2n) is 5.69.